The highest BCUT2D eigenvalue weighted by Gasteiger charge is 2.18. The highest BCUT2D eigenvalue weighted by atomic mass is 32.2. The van der Waals surface area contributed by atoms with Crippen molar-refractivity contribution in [3.63, 3.8) is 0 Å². The van der Waals surface area contributed by atoms with Crippen LogP contribution in [0.2, 0.25) is 0 Å². The Morgan fingerprint density at radius 1 is 1.18 bits per heavy atom. The molecular weight excluding hydrogens is 458 g/mol. The van der Waals surface area contributed by atoms with Crippen molar-refractivity contribution >= 4 is 51.1 Å². The van der Waals surface area contributed by atoms with Gasteiger partial charge in [0.2, 0.25) is 5.88 Å². The first kappa shape index (κ1) is 22.6. The molecule has 0 aliphatic carbocycles. The van der Waals surface area contributed by atoms with Crippen LogP contribution in [0.3, 0.4) is 0 Å². The number of anilines is 1. The number of nitriles is 1. The summed E-state index contributed by atoms with van der Waals surface area (Å²) in [4.78, 5) is 29.0. The molecule has 0 radical (unpaired) electrons. The Hall–Kier alpha value is -3.61. The maximum absolute atomic E-state index is 12.3. The number of furan rings is 1. The second-order valence-corrected chi connectivity index (χ2v) is 9.41. The first-order chi connectivity index (χ1) is 15.9. The van der Waals surface area contributed by atoms with Gasteiger partial charge in [0.25, 0.3) is 5.91 Å². The molecule has 9 heteroatoms. The maximum atomic E-state index is 12.3. The van der Waals surface area contributed by atoms with Crippen LogP contribution in [0.1, 0.15) is 32.8 Å². The smallest absolute Gasteiger partial charge is 0.338 e. The molecule has 0 aliphatic rings. The number of fused-ring (bicyclic) bond motifs is 1. The quantitative estimate of drug-likeness (QED) is 0.278. The standard InChI is InChI=1S/C24H19N3O4S2/c1-14-15(2)31-22(18(14)11-25)27-21(28)12-30-23(29)17-9-7-16(8-10-17)13-32-24-26-19-5-3-4-6-20(19)33-24/h3-10H,12-13H2,1-2H3,(H,27,28). The number of thioether (sulfide) groups is 1. The number of carbonyl (C=O) groups excluding carboxylic acids is 2. The normalized spacial score (nSPS) is 10.7. The van der Waals surface area contributed by atoms with Crippen LogP contribution in [0, 0.1) is 25.2 Å². The van der Waals surface area contributed by atoms with E-state index in [4.69, 9.17) is 9.15 Å². The molecule has 0 saturated carbocycles. The van der Waals surface area contributed by atoms with Gasteiger partial charge in [-0.2, -0.15) is 5.26 Å². The van der Waals surface area contributed by atoms with E-state index in [1.807, 2.05) is 36.4 Å². The summed E-state index contributed by atoms with van der Waals surface area (Å²) in [5, 5.41) is 11.7. The zero-order valence-corrected chi connectivity index (χ0v) is 19.5. The van der Waals surface area contributed by atoms with Gasteiger partial charge in [-0.25, -0.2) is 9.78 Å². The zero-order valence-electron chi connectivity index (χ0n) is 17.9. The van der Waals surface area contributed by atoms with Crippen molar-refractivity contribution in [1.29, 1.82) is 5.26 Å². The number of ether oxygens (including phenoxy) is 1. The number of rotatable bonds is 7. The molecule has 1 N–H and O–H groups in total. The monoisotopic (exact) mass is 477 g/mol. The van der Waals surface area contributed by atoms with Gasteiger partial charge in [-0.05, 0) is 43.7 Å². The fraction of sp³-hybridized carbons (Fsp3) is 0.167. The van der Waals surface area contributed by atoms with Gasteiger partial charge >= 0.3 is 5.97 Å². The Labute approximate surface area is 198 Å². The molecule has 0 fully saturated rings. The van der Waals surface area contributed by atoms with E-state index in [0.717, 1.165) is 25.9 Å². The van der Waals surface area contributed by atoms with Gasteiger partial charge in [0, 0.05) is 11.3 Å². The molecule has 0 saturated heterocycles. The van der Waals surface area contributed by atoms with E-state index in [1.54, 1.807) is 49.1 Å². The van der Waals surface area contributed by atoms with Crippen molar-refractivity contribution in [2.24, 2.45) is 0 Å². The number of aromatic nitrogens is 1. The summed E-state index contributed by atoms with van der Waals surface area (Å²) in [5.41, 5.74) is 3.30. The number of aryl methyl sites for hydroxylation is 1. The van der Waals surface area contributed by atoms with Crippen molar-refractivity contribution in [1.82, 2.24) is 4.98 Å². The molecule has 4 aromatic rings. The molecule has 0 unspecified atom stereocenters. The van der Waals surface area contributed by atoms with Crippen LogP contribution in [0.25, 0.3) is 10.2 Å². The summed E-state index contributed by atoms with van der Waals surface area (Å²) in [7, 11) is 0. The average Bonchev–Trinajstić information content (AvgIpc) is 3.36. The maximum Gasteiger partial charge on any atom is 0.338 e. The highest BCUT2D eigenvalue weighted by Crippen LogP contribution is 2.31. The zero-order chi connectivity index (χ0) is 23.4. The largest absolute Gasteiger partial charge is 0.452 e. The minimum absolute atomic E-state index is 0.0588. The van der Waals surface area contributed by atoms with Crippen molar-refractivity contribution in [3.8, 4) is 6.07 Å². The molecule has 33 heavy (non-hydrogen) atoms. The van der Waals surface area contributed by atoms with Crippen LogP contribution in [0.15, 0.2) is 57.3 Å². The Morgan fingerprint density at radius 3 is 2.67 bits per heavy atom. The summed E-state index contributed by atoms with van der Waals surface area (Å²) in [6.45, 7) is 2.94. The average molecular weight is 478 g/mol. The SMILES string of the molecule is Cc1oc(NC(=O)COC(=O)c2ccc(CSc3nc4ccccc4s3)cc2)c(C#N)c1C. The second kappa shape index (κ2) is 9.90. The molecule has 0 bridgehead atoms. The predicted molar refractivity (Wildman–Crippen MR) is 127 cm³/mol. The summed E-state index contributed by atoms with van der Waals surface area (Å²) in [6, 6.07) is 17.1. The molecule has 166 valence electrons. The first-order valence-electron chi connectivity index (χ1n) is 9.99. The van der Waals surface area contributed by atoms with E-state index in [1.165, 1.54) is 0 Å². The second-order valence-electron chi connectivity index (χ2n) is 7.16. The third kappa shape index (κ3) is 5.25. The molecule has 4 rings (SSSR count). The topological polar surface area (TPSA) is 105 Å². The lowest BCUT2D eigenvalue weighted by Gasteiger charge is -2.06. The van der Waals surface area contributed by atoms with Gasteiger partial charge in [0.1, 0.15) is 17.4 Å². The van der Waals surface area contributed by atoms with Gasteiger partial charge in [0.15, 0.2) is 10.9 Å². The van der Waals surface area contributed by atoms with Crippen molar-refractivity contribution in [2.45, 2.75) is 23.9 Å². The van der Waals surface area contributed by atoms with E-state index >= 15 is 0 Å². The molecule has 1 amide bonds. The minimum Gasteiger partial charge on any atom is -0.452 e. The molecular formula is C24H19N3O4S2. The lowest BCUT2D eigenvalue weighted by atomic mass is 10.1. The van der Waals surface area contributed by atoms with E-state index < -0.39 is 18.5 Å². The summed E-state index contributed by atoms with van der Waals surface area (Å²) < 4.78 is 12.6. The third-order valence-corrected chi connectivity index (χ3v) is 7.16. The van der Waals surface area contributed by atoms with Gasteiger partial charge in [-0.1, -0.05) is 36.0 Å². The number of benzene rings is 2. The van der Waals surface area contributed by atoms with E-state index in [2.05, 4.69) is 16.4 Å². The van der Waals surface area contributed by atoms with E-state index in [0.29, 0.717) is 16.9 Å². The number of hydrogen-bond acceptors (Lipinski definition) is 8. The number of nitrogens with one attached hydrogen (secondary N) is 1. The fourth-order valence-electron chi connectivity index (χ4n) is 3.02. The molecule has 0 spiro atoms. The van der Waals surface area contributed by atoms with Crippen molar-refractivity contribution < 1.29 is 18.7 Å². The van der Waals surface area contributed by atoms with Crippen molar-refractivity contribution in [2.75, 3.05) is 11.9 Å². The van der Waals surface area contributed by atoms with E-state index in [-0.39, 0.29) is 11.4 Å². The van der Waals surface area contributed by atoms with Gasteiger partial charge in [0.05, 0.1) is 15.8 Å². The Bertz CT molecular complexity index is 1330. The van der Waals surface area contributed by atoms with Gasteiger partial charge in [-0.3, -0.25) is 10.1 Å². The van der Waals surface area contributed by atoms with Crippen LogP contribution in [0.5, 0.6) is 0 Å². The number of esters is 1. The Morgan fingerprint density at radius 2 is 1.94 bits per heavy atom. The van der Waals surface area contributed by atoms with Crippen LogP contribution in [0.4, 0.5) is 5.88 Å². The van der Waals surface area contributed by atoms with Crippen LogP contribution in [-0.4, -0.2) is 23.5 Å². The lowest BCUT2D eigenvalue weighted by Crippen LogP contribution is -2.21. The van der Waals surface area contributed by atoms with Gasteiger partial charge < -0.3 is 9.15 Å². The summed E-state index contributed by atoms with van der Waals surface area (Å²) >= 11 is 3.29. The van der Waals surface area contributed by atoms with Crippen LogP contribution < -0.4 is 5.32 Å². The summed E-state index contributed by atoms with van der Waals surface area (Å²) in [6.07, 6.45) is 0. The first-order valence-corrected chi connectivity index (χ1v) is 11.8. The van der Waals surface area contributed by atoms with Crippen LogP contribution in [-0.2, 0) is 15.3 Å². The Balaban J connectivity index is 1.28. The minimum atomic E-state index is -0.608. The number of thiazole rings is 1. The predicted octanol–water partition coefficient (Wildman–Crippen LogP) is 5.47. The Kier molecular flexibility index (Phi) is 6.77. The number of carbonyl (C=O) groups is 2. The van der Waals surface area contributed by atoms with Crippen molar-refractivity contribution in [3.05, 3.63) is 76.5 Å². The molecule has 0 aliphatic heterocycles. The van der Waals surface area contributed by atoms with Gasteiger partial charge in [-0.15, -0.1) is 11.3 Å². The molecule has 0 atom stereocenters. The number of amides is 1. The fourth-order valence-corrected chi connectivity index (χ4v) is 5.05. The molecule has 2 heterocycles. The van der Waals surface area contributed by atoms with E-state index in [9.17, 15) is 14.9 Å². The lowest BCUT2D eigenvalue weighted by molar-refractivity contribution is -0.119. The number of nitrogens with zero attached hydrogens (tertiary/aromatic N) is 2. The molecule has 2 aromatic carbocycles. The number of hydrogen-bond donors (Lipinski definition) is 1. The number of para-hydroxylation sites is 1. The third-order valence-electron chi connectivity index (χ3n) is 4.91. The molecule has 7 nitrogen and oxygen atoms in total. The summed E-state index contributed by atoms with van der Waals surface area (Å²) in [5.74, 6) is 0.130. The van der Waals surface area contributed by atoms with Crippen LogP contribution >= 0.6 is 23.1 Å². The molecule has 2 aromatic heterocycles. The highest BCUT2D eigenvalue weighted by molar-refractivity contribution is 8.00.